The Labute approximate surface area is 71.3 Å². The average Bonchev–Trinajstić information content (AvgIpc) is 2.59. The largest absolute Gasteiger partial charge is 0.348 e. The lowest BCUT2D eigenvalue weighted by atomic mass is 10.1. The molecular formula is C10H9N2. The van der Waals surface area contributed by atoms with Gasteiger partial charge in [-0.05, 0) is 11.6 Å². The van der Waals surface area contributed by atoms with Gasteiger partial charge in [0.25, 0.3) is 0 Å². The van der Waals surface area contributed by atoms with Crippen molar-refractivity contribution in [2.24, 2.45) is 0 Å². The molecule has 12 heavy (non-hydrogen) atoms. The second kappa shape index (κ2) is 3.22. The number of imidazole rings is 1. The quantitative estimate of drug-likeness (QED) is 0.707. The highest BCUT2D eigenvalue weighted by Gasteiger charge is 1.95. The first-order valence-corrected chi connectivity index (χ1v) is 3.88. The van der Waals surface area contributed by atoms with E-state index < -0.39 is 0 Å². The number of aromatic nitrogens is 2. The van der Waals surface area contributed by atoms with Gasteiger partial charge < -0.3 is 4.98 Å². The zero-order chi connectivity index (χ0) is 8.23. The van der Waals surface area contributed by atoms with Crippen molar-refractivity contribution in [3.05, 3.63) is 54.1 Å². The third-order valence-electron chi connectivity index (χ3n) is 1.70. The van der Waals surface area contributed by atoms with Gasteiger partial charge in [0, 0.05) is 18.8 Å². The van der Waals surface area contributed by atoms with E-state index in [0.717, 1.165) is 12.2 Å². The lowest BCUT2D eigenvalue weighted by molar-refractivity contribution is 1.03. The Morgan fingerprint density at radius 2 is 2.50 bits per heavy atom. The van der Waals surface area contributed by atoms with Crippen molar-refractivity contribution in [1.29, 1.82) is 0 Å². The summed E-state index contributed by atoms with van der Waals surface area (Å²) in [5.41, 5.74) is 1.23. The number of benzene rings is 1. The van der Waals surface area contributed by atoms with Crippen LogP contribution in [0.3, 0.4) is 0 Å². The van der Waals surface area contributed by atoms with Crippen molar-refractivity contribution < 1.29 is 0 Å². The van der Waals surface area contributed by atoms with E-state index in [4.69, 9.17) is 0 Å². The molecule has 1 aromatic heterocycles. The molecule has 0 saturated carbocycles. The standard InChI is InChI=1S/C10H9N2/c1-2-4-9(5-3-1)8-10-11-6-7-12-10/h1-2,4-7H,8H2,(H,11,12). The van der Waals surface area contributed by atoms with Crippen LogP contribution in [0.4, 0.5) is 0 Å². The van der Waals surface area contributed by atoms with Gasteiger partial charge in [0.1, 0.15) is 5.82 Å². The van der Waals surface area contributed by atoms with Crippen molar-refractivity contribution >= 4 is 0 Å². The maximum Gasteiger partial charge on any atom is 0.110 e. The van der Waals surface area contributed by atoms with Crippen LogP contribution in [-0.2, 0) is 6.42 Å². The second-order valence-corrected chi connectivity index (χ2v) is 2.62. The molecule has 0 aliphatic carbocycles. The lowest BCUT2D eigenvalue weighted by Crippen LogP contribution is -1.89. The van der Waals surface area contributed by atoms with E-state index in [0.29, 0.717) is 0 Å². The zero-order valence-electron chi connectivity index (χ0n) is 6.62. The van der Waals surface area contributed by atoms with Gasteiger partial charge in [-0.15, -0.1) is 0 Å². The number of rotatable bonds is 2. The predicted molar refractivity (Wildman–Crippen MR) is 46.7 cm³/mol. The highest BCUT2D eigenvalue weighted by molar-refractivity contribution is 5.17. The molecule has 1 aromatic carbocycles. The van der Waals surface area contributed by atoms with E-state index in [9.17, 15) is 0 Å². The van der Waals surface area contributed by atoms with Gasteiger partial charge in [-0.1, -0.05) is 24.3 Å². The first-order chi connectivity index (χ1) is 5.95. The molecule has 2 heteroatoms. The lowest BCUT2D eigenvalue weighted by Gasteiger charge is -1.95. The Morgan fingerprint density at radius 1 is 1.50 bits per heavy atom. The minimum Gasteiger partial charge on any atom is -0.348 e. The topological polar surface area (TPSA) is 28.7 Å². The summed E-state index contributed by atoms with van der Waals surface area (Å²) in [5, 5.41) is 0. The van der Waals surface area contributed by atoms with Crippen LogP contribution < -0.4 is 0 Å². The summed E-state index contributed by atoms with van der Waals surface area (Å²) in [7, 11) is 0. The minimum absolute atomic E-state index is 0.852. The third kappa shape index (κ3) is 1.53. The summed E-state index contributed by atoms with van der Waals surface area (Å²) in [6.45, 7) is 0. The fraction of sp³-hybridized carbons (Fsp3) is 0.100. The molecule has 1 heterocycles. The Kier molecular flexibility index (Phi) is 1.90. The van der Waals surface area contributed by atoms with Crippen LogP contribution in [0.2, 0.25) is 0 Å². The third-order valence-corrected chi connectivity index (χ3v) is 1.70. The molecule has 2 rings (SSSR count). The van der Waals surface area contributed by atoms with Gasteiger partial charge >= 0.3 is 0 Å². The fourth-order valence-corrected chi connectivity index (χ4v) is 1.13. The van der Waals surface area contributed by atoms with E-state index in [1.165, 1.54) is 5.56 Å². The Balaban J connectivity index is 2.15. The summed E-state index contributed by atoms with van der Waals surface area (Å²) in [6.07, 6.45) is 4.45. The van der Waals surface area contributed by atoms with Crippen LogP contribution in [0.1, 0.15) is 11.4 Å². The molecule has 59 valence electrons. The van der Waals surface area contributed by atoms with Crippen LogP contribution in [0, 0.1) is 6.07 Å². The minimum atomic E-state index is 0.852. The smallest absolute Gasteiger partial charge is 0.110 e. The van der Waals surface area contributed by atoms with E-state index in [2.05, 4.69) is 22.1 Å². The molecule has 1 N–H and O–H groups in total. The van der Waals surface area contributed by atoms with Crippen LogP contribution in [-0.4, -0.2) is 9.97 Å². The second-order valence-electron chi connectivity index (χ2n) is 2.62. The van der Waals surface area contributed by atoms with Crippen molar-refractivity contribution in [2.45, 2.75) is 6.42 Å². The SMILES string of the molecule is [c]1cccc(Cc2ncc[nH]2)c1. The Morgan fingerprint density at radius 3 is 3.17 bits per heavy atom. The van der Waals surface area contributed by atoms with Crippen molar-refractivity contribution in [3.8, 4) is 0 Å². The highest BCUT2D eigenvalue weighted by atomic mass is 14.9. The maximum absolute atomic E-state index is 4.14. The van der Waals surface area contributed by atoms with Crippen LogP contribution in [0.15, 0.2) is 36.7 Å². The van der Waals surface area contributed by atoms with E-state index >= 15 is 0 Å². The van der Waals surface area contributed by atoms with Gasteiger partial charge in [-0.25, -0.2) is 4.98 Å². The number of aromatic amines is 1. The monoisotopic (exact) mass is 157 g/mol. The molecule has 2 aromatic rings. The van der Waals surface area contributed by atoms with E-state index in [1.807, 2.05) is 24.4 Å². The highest BCUT2D eigenvalue weighted by Crippen LogP contribution is 2.03. The van der Waals surface area contributed by atoms with Gasteiger partial charge in [0.15, 0.2) is 0 Å². The molecule has 0 fully saturated rings. The van der Waals surface area contributed by atoms with E-state index in [-0.39, 0.29) is 0 Å². The molecule has 0 bridgehead atoms. The predicted octanol–water partition coefficient (Wildman–Crippen LogP) is 1.80. The van der Waals surface area contributed by atoms with Crippen LogP contribution >= 0.6 is 0 Å². The normalized spacial score (nSPS) is 10.0. The number of hydrogen-bond acceptors (Lipinski definition) is 1. The van der Waals surface area contributed by atoms with E-state index in [1.54, 1.807) is 6.20 Å². The van der Waals surface area contributed by atoms with Crippen molar-refractivity contribution in [1.82, 2.24) is 9.97 Å². The molecular weight excluding hydrogens is 148 g/mol. The first-order valence-electron chi connectivity index (χ1n) is 3.88. The maximum atomic E-state index is 4.14. The van der Waals surface area contributed by atoms with Crippen molar-refractivity contribution in [2.75, 3.05) is 0 Å². The molecule has 0 saturated heterocycles. The number of H-pyrrole nitrogens is 1. The Hall–Kier alpha value is -1.57. The molecule has 0 amide bonds. The molecule has 0 aliphatic heterocycles. The summed E-state index contributed by atoms with van der Waals surface area (Å²) in [5.74, 6) is 0.995. The summed E-state index contributed by atoms with van der Waals surface area (Å²) in [4.78, 5) is 7.20. The first kappa shape index (κ1) is 7.10. The Bertz CT molecular complexity index is 324. The van der Waals surface area contributed by atoms with Crippen molar-refractivity contribution in [3.63, 3.8) is 0 Å². The van der Waals surface area contributed by atoms with Gasteiger partial charge in [-0.2, -0.15) is 0 Å². The van der Waals surface area contributed by atoms with Gasteiger partial charge in [0.2, 0.25) is 0 Å². The fourth-order valence-electron chi connectivity index (χ4n) is 1.13. The van der Waals surface area contributed by atoms with Crippen LogP contribution in [0.5, 0.6) is 0 Å². The van der Waals surface area contributed by atoms with Crippen LogP contribution in [0.25, 0.3) is 0 Å². The molecule has 2 nitrogen and oxygen atoms in total. The zero-order valence-corrected chi connectivity index (χ0v) is 6.62. The molecule has 1 radical (unpaired) electrons. The summed E-state index contributed by atoms with van der Waals surface area (Å²) >= 11 is 0. The number of nitrogens with one attached hydrogen (secondary N) is 1. The molecule has 0 atom stereocenters. The summed E-state index contributed by atoms with van der Waals surface area (Å²) < 4.78 is 0. The molecule has 0 unspecified atom stereocenters. The van der Waals surface area contributed by atoms with Gasteiger partial charge in [0.05, 0.1) is 0 Å². The van der Waals surface area contributed by atoms with Gasteiger partial charge in [-0.3, -0.25) is 0 Å². The number of hydrogen-bond donors (Lipinski definition) is 1. The number of nitrogens with zero attached hydrogens (tertiary/aromatic N) is 1. The molecule has 0 aliphatic rings. The average molecular weight is 157 g/mol. The summed E-state index contributed by atoms with van der Waals surface area (Å²) in [6, 6.07) is 11.0. The molecule has 0 spiro atoms.